The molecule has 0 aliphatic carbocycles. The molecule has 9 heteroatoms. The Labute approximate surface area is 199 Å². The summed E-state index contributed by atoms with van der Waals surface area (Å²) in [4.78, 5) is 38.5. The van der Waals surface area contributed by atoms with E-state index in [-0.39, 0.29) is 24.8 Å². The molecule has 1 aliphatic rings. The number of aliphatic carboxylic acids is 1. The molecule has 4 N–H and O–H groups in total. The third kappa shape index (κ3) is 6.55. The Bertz CT molecular complexity index is 967. The molecule has 1 aliphatic heterocycles. The van der Waals surface area contributed by atoms with Crippen LogP contribution in [-0.2, 0) is 9.59 Å². The number of hydrogen-bond donors (Lipinski definition) is 4. The summed E-state index contributed by atoms with van der Waals surface area (Å²) in [6.07, 6.45) is 0.259. The van der Waals surface area contributed by atoms with E-state index < -0.39 is 24.1 Å². The number of amides is 2. The Hall–Kier alpha value is -3.43. The number of carbonyl (C=O) groups is 3. The monoisotopic (exact) mass is 468 g/mol. The summed E-state index contributed by atoms with van der Waals surface area (Å²) in [5.74, 6) is -0.643. The molecule has 1 saturated heterocycles. The molecule has 0 bridgehead atoms. The van der Waals surface area contributed by atoms with E-state index in [2.05, 4.69) is 16.0 Å². The van der Waals surface area contributed by atoms with Gasteiger partial charge in [-0.1, -0.05) is 42.5 Å². The number of carboxylic acid groups (broad SMARTS) is 1. The molecule has 34 heavy (non-hydrogen) atoms. The number of piperazine rings is 1. The maximum atomic E-state index is 13.4. The van der Waals surface area contributed by atoms with Gasteiger partial charge in [0.05, 0.1) is 12.6 Å². The molecule has 1 fully saturated rings. The van der Waals surface area contributed by atoms with Gasteiger partial charge in [0, 0.05) is 33.1 Å². The third-order valence-corrected chi connectivity index (χ3v) is 5.85. The summed E-state index contributed by atoms with van der Waals surface area (Å²) in [6, 6.07) is 14.9. The highest BCUT2D eigenvalue weighted by atomic mass is 16.5. The molecular weight excluding hydrogens is 436 g/mol. The van der Waals surface area contributed by atoms with Crippen LogP contribution in [0.3, 0.4) is 0 Å². The van der Waals surface area contributed by atoms with Gasteiger partial charge in [-0.25, -0.2) is 4.79 Å². The number of carboxylic acids is 1. The Kier molecular flexibility index (Phi) is 9.00. The topological polar surface area (TPSA) is 120 Å². The zero-order valence-corrected chi connectivity index (χ0v) is 19.5. The second kappa shape index (κ2) is 12.2. The SMILES string of the molecule is CNC(=O)N1CCNC[C@H]1C(=O)C(CCOc1ccc(-c2ccccc2)cc1)N[C@H](C)C(=O)O. The second-order valence-corrected chi connectivity index (χ2v) is 8.18. The predicted molar refractivity (Wildman–Crippen MR) is 129 cm³/mol. The van der Waals surface area contributed by atoms with E-state index in [1.807, 2.05) is 54.6 Å². The second-order valence-electron chi connectivity index (χ2n) is 8.18. The molecule has 1 heterocycles. The number of hydrogen-bond acceptors (Lipinski definition) is 6. The number of carbonyl (C=O) groups excluding carboxylic acids is 2. The van der Waals surface area contributed by atoms with Crippen molar-refractivity contribution in [2.45, 2.75) is 31.5 Å². The van der Waals surface area contributed by atoms with Crippen LogP contribution in [0.2, 0.25) is 0 Å². The summed E-state index contributed by atoms with van der Waals surface area (Å²) < 4.78 is 5.85. The van der Waals surface area contributed by atoms with E-state index in [0.717, 1.165) is 11.1 Å². The first-order valence-corrected chi connectivity index (χ1v) is 11.4. The number of nitrogens with one attached hydrogen (secondary N) is 3. The Balaban J connectivity index is 1.65. The van der Waals surface area contributed by atoms with Crippen molar-refractivity contribution in [1.82, 2.24) is 20.9 Å². The van der Waals surface area contributed by atoms with Crippen molar-refractivity contribution < 1.29 is 24.2 Å². The molecule has 0 saturated carbocycles. The third-order valence-electron chi connectivity index (χ3n) is 5.85. The molecule has 3 atom stereocenters. The summed E-state index contributed by atoms with van der Waals surface area (Å²) in [5, 5.41) is 17.9. The van der Waals surface area contributed by atoms with Crippen molar-refractivity contribution in [3.05, 3.63) is 54.6 Å². The zero-order chi connectivity index (χ0) is 24.5. The van der Waals surface area contributed by atoms with E-state index in [9.17, 15) is 19.5 Å². The van der Waals surface area contributed by atoms with E-state index in [1.165, 1.54) is 18.9 Å². The van der Waals surface area contributed by atoms with Crippen LogP contribution in [0.15, 0.2) is 54.6 Å². The maximum absolute atomic E-state index is 13.4. The molecule has 9 nitrogen and oxygen atoms in total. The van der Waals surface area contributed by atoms with Crippen LogP contribution >= 0.6 is 0 Å². The molecule has 0 aromatic heterocycles. The summed E-state index contributed by atoms with van der Waals surface area (Å²) in [7, 11) is 1.52. The van der Waals surface area contributed by atoms with Gasteiger partial charge in [-0.2, -0.15) is 0 Å². The van der Waals surface area contributed by atoms with Gasteiger partial charge in [0.1, 0.15) is 17.8 Å². The lowest BCUT2D eigenvalue weighted by Gasteiger charge is -2.37. The van der Waals surface area contributed by atoms with Crippen molar-refractivity contribution in [2.75, 3.05) is 33.3 Å². The molecule has 2 aromatic carbocycles. The standard InChI is InChI=1S/C25H32N4O5/c1-17(24(31)32)28-21(23(30)22-16-27-13-14-29(22)25(33)26-2)12-15-34-20-10-8-19(9-11-20)18-6-4-3-5-7-18/h3-11,17,21-22,27-28H,12-16H2,1-2H3,(H,26,33)(H,31,32)/t17-,21?,22+/m1/s1. The fourth-order valence-corrected chi connectivity index (χ4v) is 3.93. The van der Waals surface area contributed by atoms with E-state index in [0.29, 0.717) is 25.4 Å². The van der Waals surface area contributed by atoms with Crippen LogP contribution < -0.4 is 20.7 Å². The minimum atomic E-state index is -1.06. The van der Waals surface area contributed by atoms with Crippen molar-refractivity contribution in [2.24, 2.45) is 0 Å². The normalized spacial score (nSPS) is 17.5. The van der Waals surface area contributed by atoms with Gasteiger partial charge in [-0.3, -0.25) is 14.9 Å². The van der Waals surface area contributed by atoms with Gasteiger partial charge in [0.15, 0.2) is 5.78 Å². The number of Topliss-reactive ketones (excluding diaryl/α,β-unsaturated/α-hetero) is 1. The first-order valence-electron chi connectivity index (χ1n) is 11.4. The van der Waals surface area contributed by atoms with Gasteiger partial charge >= 0.3 is 12.0 Å². The lowest BCUT2D eigenvalue weighted by atomic mass is 9.99. The molecule has 3 rings (SSSR count). The number of nitrogens with zero attached hydrogens (tertiary/aromatic N) is 1. The number of ether oxygens (including phenoxy) is 1. The van der Waals surface area contributed by atoms with E-state index in [1.54, 1.807) is 0 Å². The van der Waals surface area contributed by atoms with E-state index >= 15 is 0 Å². The van der Waals surface area contributed by atoms with Crippen LogP contribution in [0.4, 0.5) is 4.79 Å². The van der Waals surface area contributed by atoms with Gasteiger partial charge in [0.25, 0.3) is 0 Å². The van der Waals surface area contributed by atoms with Crippen LogP contribution in [0.25, 0.3) is 11.1 Å². The van der Waals surface area contributed by atoms with Crippen molar-refractivity contribution in [3.8, 4) is 16.9 Å². The molecule has 1 unspecified atom stereocenters. The number of urea groups is 1. The fourth-order valence-electron chi connectivity index (χ4n) is 3.93. The van der Waals surface area contributed by atoms with Gasteiger partial charge in [0.2, 0.25) is 0 Å². The highest BCUT2D eigenvalue weighted by Crippen LogP contribution is 2.22. The first-order chi connectivity index (χ1) is 16.4. The van der Waals surface area contributed by atoms with Gasteiger partial charge in [-0.15, -0.1) is 0 Å². The Morgan fingerprint density at radius 1 is 1.12 bits per heavy atom. The number of rotatable bonds is 10. The van der Waals surface area contributed by atoms with Crippen LogP contribution in [0.5, 0.6) is 5.75 Å². The van der Waals surface area contributed by atoms with Gasteiger partial charge < -0.3 is 25.4 Å². The summed E-state index contributed by atoms with van der Waals surface area (Å²) in [6.45, 7) is 2.99. The molecule has 0 radical (unpaired) electrons. The molecular formula is C25H32N4O5. The molecule has 2 aromatic rings. The highest BCUT2D eigenvalue weighted by molar-refractivity contribution is 5.93. The summed E-state index contributed by atoms with van der Waals surface area (Å²) >= 11 is 0. The zero-order valence-electron chi connectivity index (χ0n) is 19.5. The average molecular weight is 469 g/mol. The van der Waals surface area contributed by atoms with Crippen LogP contribution in [0, 0.1) is 0 Å². The lowest BCUT2D eigenvalue weighted by Crippen LogP contribution is -2.62. The average Bonchev–Trinajstić information content (AvgIpc) is 2.88. The quantitative estimate of drug-likeness (QED) is 0.419. The highest BCUT2D eigenvalue weighted by Gasteiger charge is 2.36. The van der Waals surface area contributed by atoms with E-state index in [4.69, 9.17) is 4.74 Å². The fraction of sp³-hybridized carbons (Fsp3) is 0.400. The first kappa shape index (κ1) is 25.2. The van der Waals surface area contributed by atoms with Crippen molar-refractivity contribution in [1.29, 1.82) is 0 Å². The minimum absolute atomic E-state index is 0.209. The number of benzene rings is 2. The molecule has 0 spiro atoms. The lowest BCUT2D eigenvalue weighted by molar-refractivity contribution is -0.139. The Morgan fingerprint density at radius 3 is 2.44 bits per heavy atom. The molecule has 2 amide bonds. The minimum Gasteiger partial charge on any atom is -0.494 e. The van der Waals surface area contributed by atoms with Gasteiger partial charge in [-0.05, 0) is 30.2 Å². The maximum Gasteiger partial charge on any atom is 0.320 e. The molecule has 182 valence electrons. The van der Waals surface area contributed by atoms with Crippen LogP contribution in [0.1, 0.15) is 13.3 Å². The smallest absolute Gasteiger partial charge is 0.320 e. The van der Waals surface area contributed by atoms with Crippen LogP contribution in [-0.4, -0.2) is 79.2 Å². The Morgan fingerprint density at radius 2 is 1.79 bits per heavy atom. The largest absolute Gasteiger partial charge is 0.494 e. The predicted octanol–water partition coefficient (Wildman–Crippen LogP) is 1.74. The number of ketones is 1. The van der Waals surface area contributed by atoms with Crippen molar-refractivity contribution in [3.63, 3.8) is 0 Å². The summed E-state index contributed by atoms with van der Waals surface area (Å²) in [5.41, 5.74) is 2.17. The van der Waals surface area contributed by atoms with Crippen molar-refractivity contribution >= 4 is 17.8 Å².